The normalized spacial score (nSPS) is 19.2. The summed E-state index contributed by atoms with van der Waals surface area (Å²) in [4.78, 5) is 7.44. The number of benzene rings is 1. The first-order chi connectivity index (χ1) is 12.0. The highest BCUT2D eigenvalue weighted by Crippen LogP contribution is 2.23. The maximum absolute atomic E-state index is 4.86. The SMILES string of the molecule is CCCN1CCC(CNC(=NCC(C)(C)c2ccccc2)NCC)C1. The number of nitrogens with zero attached hydrogens (tertiary/aromatic N) is 2. The quantitative estimate of drug-likeness (QED) is 0.562. The first-order valence-electron chi connectivity index (χ1n) is 9.85. The molecule has 0 aromatic heterocycles. The topological polar surface area (TPSA) is 39.7 Å². The Balaban J connectivity index is 1.88. The summed E-state index contributed by atoms with van der Waals surface area (Å²) in [5.74, 6) is 1.68. The number of likely N-dealkylation sites (tertiary alicyclic amines) is 1. The minimum absolute atomic E-state index is 0.0366. The van der Waals surface area contributed by atoms with E-state index in [0.29, 0.717) is 0 Å². The Bertz CT molecular complexity index is 524. The molecule has 1 aromatic carbocycles. The van der Waals surface area contributed by atoms with Crippen molar-refractivity contribution < 1.29 is 0 Å². The van der Waals surface area contributed by atoms with Crippen molar-refractivity contribution in [3.8, 4) is 0 Å². The van der Waals surface area contributed by atoms with Gasteiger partial charge in [0.05, 0.1) is 6.54 Å². The summed E-state index contributed by atoms with van der Waals surface area (Å²) in [5.41, 5.74) is 1.37. The molecule has 0 saturated carbocycles. The Kier molecular flexibility index (Phi) is 7.76. The third-order valence-corrected chi connectivity index (χ3v) is 5.00. The predicted octanol–water partition coefficient (Wildman–Crippen LogP) is 3.25. The van der Waals surface area contributed by atoms with E-state index in [-0.39, 0.29) is 5.41 Å². The first kappa shape index (κ1) is 19.8. The summed E-state index contributed by atoms with van der Waals surface area (Å²) in [5, 5.41) is 6.95. The van der Waals surface area contributed by atoms with Gasteiger partial charge in [-0.05, 0) is 44.3 Å². The van der Waals surface area contributed by atoms with Gasteiger partial charge in [-0.2, -0.15) is 0 Å². The van der Waals surface area contributed by atoms with Gasteiger partial charge in [0.1, 0.15) is 0 Å². The van der Waals surface area contributed by atoms with Crippen molar-refractivity contribution in [1.82, 2.24) is 15.5 Å². The van der Waals surface area contributed by atoms with E-state index in [9.17, 15) is 0 Å². The molecule has 1 aromatic rings. The summed E-state index contributed by atoms with van der Waals surface area (Å²) in [6.45, 7) is 15.3. The molecule has 1 unspecified atom stereocenters. The zero-order chi connectivity index (χ0) is 18.1. The maximum atomic E-state index is 4.86. The minimum Gasteiger partial charge on any atom is -0.357 e. The molecule has 1 aliphatic heterocycles. The average Bonchev–Trinajstić information content (AvgIpc) is 3.06. The van der Waals surface area contributed by atoms with Crippen LogP contribution in [-0.2, 0) is 5.41 Å². The number of hydrogen-bond acceptors (Lipinski definition) is 2. The van der Waals surface area contributed by atoms with Crippen LogP contribution < -0.4 is 10.6 Å². The fourth-order valence-corrected chi connectivity index (χ4v) is 3.44. The Morgan fingerprint density at radius 2 is 1.96 bits per heavy atom. The smallest absolute Gasteiger partial charge is 0.191 e. The van der Waals surface area contributed by atoms with Crippen molar-refractivity contribution in [2.45, 2.75) is 46.0 Å². The first-order valence-corrected chi connectivity index (χ1v) is 9.85. The lowest BCUT2D eigenvalue weighted by atomic mass is 9.85. The van der Waals surface area contributed by atoms with E-state index in [1.807, 2.05) is 0 Å². The monoisotopic (exact) mass is 344 g/mol. The van der Waals surface area contributed by atoms with Crippen molar-refractivity contribution in [3.63, 3.8) is 0 Å². The molecule has 140 valence electrons. The fraction of sp³-hybridized carbons (Fsp3) is 0.667. The molecule has 4 heteroatoms. The average molecular weight is 345 g/mol. The molecule has 1 aliphatic rings. The second kappa shape index (κ2) is 9.81. The van der Waals surface area contributed by atoms with Crippen LogP contribution >= 0.6 is 0 Å². The molecule has 0 spiro atoms. The van der Waals surface area contributed by atoms with E-state index in [2.05, 4.69) is 73.6 Å². The Labute approximate surface area is 154 Å². The van der Waals surface area contributed by atoms with E-state index < -0.39 is 0 Å². The largest absolute Gasteiger partial charge is 0.357 e. The van der Waals surface area contributed by atoms with Gasteiger partial charge >= 0.3 is 0 Å². The molecule has 0 amide bonds. The molecule has 25 heavy (non-hydrogen) atoms. The summed E-state index contributed by atoms with van der Waals surface area (Å²) >= 11 is 0. The van der Waals surface area contributed by atoms with Crippen LogP contribution in [-0.4, -0.2) is 50.1 Å². The van der Waals surface area contributed by atoms with E-state index in [1.165, 1.54) is 38.0 Å². The van der Waals surface area contributed by atoms with Gasteiger partial charge in [0.2, 0.25) is 0 Å². The Hall–Kier alpha value is -1.55. The van der Waals surface area contributed by atoms with Crippen LogP contribution in [0.4, 0.5) is 0 Å². The summed E-state index contributed by atoms with van der Waals surface area (Å²) < 4.78 is 0. The highest BCUT2D eigenvalue weighted by atomic mass is 15.2. The molecular formula is C21H36N4. The summed E-state index contributed by atoms with van der Waals surface area (Å²) in [6.07, 6.45) is 2.54. The Morgan fingerprint density at radius 1 is 1.20 bits per heavy atom. The zero-order valence-electron chi connectivity index (χ0n) is 16.5. The maximum Gasteiger partial charge on any atom is 0.191 e. The molecule has 1 heterocycles. The van der Waals surface area contributed by atoms with Crippen LogP contribution in [0.25, 0.3) is 0 Å². The van der Waals surface area contributed by atoms with Crippen LogP contribution in [0.3, 0.4) is 0 Å². The number of nitrogens with one attached hydrogen (secondary N) is 2. The molecular weight excluding hydrogens is 308 g/mol. The number of rotatable bonds is 8. The van der Waals surface area contributed by atoms with Crippen LogP contribution in [0.5, 0.6) is 0 Å². The van der Waals surface area contributed by atoms with Crippen LogP contribution in [0, 0.1) is 5.92 Å². The van der Waals surface area contributed by atoms with Crippen LogP contribution in [0.1, 0.15) is 46.1 Å². The van der Waals surface area contributed by atoms with Crippen molar-refractivity contribution in [2.75, 3.05) is 39.3 Å². The van der Waals surface area contributed by atoms with Gasteiger partial charge in [-0.3, -0.25) is 4.99 Å². The zero-order valence-corrected chi connectivity index (χ0v) is 16.5. The summed E-state index contributed by atoms with van der Waals surface area (Å²) in [7, 11) is 0. The standard InChI is InChI=1S/C21H36N4/c1-5-13-25-14-12-18(16-25)15-23-20(22-6-2)24-17-21(3,4)19-10-8-7-9-11-19/h7-11,18H,5-6,12-17H2,1-4H3,(H2,22,23,24). The highest BCUT2D eigenvalue weighted by molar-refractivity contribution is 5.79. The van der Waals surface area contributed by atoms with Crippen molar-refractivity contribution >= 4 is 5.96 Å². The number of guanidine groups is 1. The molecule has 1 saturated heterocycles. The lowest BCUT2D eigenvalue weighted by Gasteiger charge is -2.24. The number of hydrogen-bond donors (Lipinski definition) is 2. The second-order valence-electron chi connectivity index (χ2n) is 7.78. The molecule has 2 rings (SSSR count). The van der Waals surface area contributed by atoms with E-state index in [1.54, 1.807) is 0 Å². The molecule has 1 atom stereocenters. The van der Waals surface area contributed by atoms with Gasteiger partial charge in [-0.25, -0.2) is 0 Å². The molecule has 0 aliphatic carbocycles. The molecule has 0 bridgehead atoms. The molecule has 0 radical (unpaired) electrons. The molecule has 2 N–H and O–H groups in total. The van der Waals surface area contributed by atoms with Crippen LogP contribution in [0.2, 0.25) is 0 Å². The fourth-order valence-electron chi connectivity index (χ4n) is 3.44. The van der Waals surface area contributed by atoms with Crippen LogP contribution in [0.15, 0.2) is 35.3 Å². The Morgan fingerprint density at radius 3 is 2.64 bits per heavy atom. The van der Waals surface area contributed by atoms with Gasteiger partial charge in [-0.1, -0.05) is 51.1 Å². The van der Waals surface area contributed by atoms with Gasteiger partial charge in [0.15, 0.2) is 5.96 Å². The van der Waals surface area contributed by atoms with Gasteiger partial charge in [0, 0.05) is 25.0 Å². The minimum atomic E-state index is 0.0366. The molecule has 4 nitrogen and oxygen atoms in total. The van der Waals surface area contributed by atoms with Gasteiger partial charge < -0.3 is 15.5 Å². The lowest BCUT2D eigenvalue weighted by Crippen LogP contribution is -2.41. The number of aliphatic imine (C=N–C) groups is 1. The van der Waals surface area contributed by atoms with E-state index in [4.69, 9.17) is 4.99 Å². The predicted molar refractivity (Wildman–Crippen MR) is 108 cm³/mol. The second-order valence-corrected chi connectivity index (χ2v) is 7.78. The van der Waals surface area contributed by atoms with Crippen molar-refractivity contribution in [3.05, 3.63) is 35.9 Å². The van der Waals surface area contributed by atoms with E-state index in [0.717, 1.165) is 31.5 Å². The van der Waals surface area contributed by atoms with E-state index >= 15 is 0 Å². The van der Waals surface area contributed by atoms with Gasteiger partial charge in [0.25, 0.3) is 0 Å². The summed E-state index contributed by atoms with van der Waals surface area (Å²) in [6, 6.07) is 10.7. The highest BCUT2D eigenvalue weighted by Gasteiger charge is 2.22. The third-order valence-electron chi connectivity index (χ3n) is 5.00. The molecule has 1 fully saturated rings. The van der Waals surface area contributed by atoms with Gasteiger partial charge in [-0.15, -0.1) is 0 Å². The third kappa shape index (κ3) is 6.35. The van der Waals surface area contributed by atoms with Crippen molar-refractivity contribution in [2.24, 2.45) is 10.9 Å². The van der Waals surface area contributed by atoms with Crippen molar-refractivity contribution in [1.29, 1.82) is 0 Å². The lowest BCUT2D eigenvalue weighted by molar-refractivity contribution is 0.324.